The minimum atomic E-state index is 0. The highest BCUT2D eigenvalue weighted by Gasteiger charge is 2.16. The summed E-state index contributed by atoms with van der Waals surface area (Å²) in [6.07, 6.45) is 4.36. The predicted molar refractivity (Wildman–Crippen MR) is 85.8 cm³/mol. The standard InChI is InChI=1S/C14H29NOS.ClH/c1-5-9-13(10-6-2)14(16)17-12-11-15(7-3)8-4;/h13H,5-12H2,1-4H3;1H. The number of carbonyl (C=O) groups excluding carboxylic acids is 1. The van der Waals surface area contributed by atoms with Gasteiger partial charge in [-0.15, -0.1) is 12.4 Å². The first-order valence-corrected chi connectivity index (χ1v) is 8.06. The molecule has 0 N–H and O–H groups in total. The van der Waals surface area contributed by atoms with Crippen molar-refractivity contribution < 1.29 is 4.79 Å². The molecular formula is C14H30ClNOS. The summed E-state index contributed by atoms with van der Waals surface area (Å²) in [6.45, 7) is 11.9. The van der Waals surface area contributed by atoms with Crippen LogP contribution in [0.2, 0.25) is 0 Å². The molecule has 0 aromatic rings. The Morgan fingerprint density at radius 3 is 1.94 bits per heavy atom. The summed E-state index contributed by atoms with van der Waals surface area (Å²) in [5, 5.41) is 0.417. The quantitative estimate of drug-likeness (QED) is 0.602. The normalized spacial score (nSPS) is 10.8. The third kappa shape index (κ3) is 9.23. The van der Waals surface area contributed by atoms with E-state index in [0.29, 0.717) is 11.0 Å². The molecule has 0 bridgehead atoms. The van der Waals surface area contributed by atoms with E-state index in [2.05, 4.69) is 32.6 Å². The van der Waals surface area contributed by atoms with Crippen molar-refractivity contribution in [3.05, 3.63) is 0 Å². The first-order chi connectivity index (χ1) is 8.19. The highest BCUT2D eigenvalue weighted by molar-refractivity contribution is 8.13. The molecule has 0 saturated carbocycles. The monoisotopic (exact) mass is 295 g/mol. The molecule has 0 fully saturated rings. The van der Waals surface area contributed by atoms with Crippen molar-refractivity contribution in [3.8, 4) is 0 Å². The fraction of sp³-hybridized carbons (Fsp3) is 0.929. The summed E-state index contributed by atoms with van der Waals surface area (Å²) >= 11 is 1.54. The van der Waals surface area contributed by atoms with Crippen LogP contribution >= 0.6 is 24.2 Å². The number of hydrogen-bond donors (Lipinski definition) is 0. The van der Waals surface area contributed by atoms with Gasteiger partial charge in [-0.2, -0.15) is 0 Å². The fourth-order valence-electron chi connectivity index (χ4n) is 2.01. The average Bonchev–Trinajstić information content (AvgIpc) is 2.34. The molecule has 0 spiro atoms. The maximum absolute atomic E-state index is 12.0. The van der Waals surface area contributed by atoms with E-state index < -0.39 is 0 Å². The first-order valence-electron chi connectivity index (χ1n) is 7.08. The lowest BCUT2D eigenvalue weighted by Gasteiger charge is -2.18. The molecule has 0 aliphatic rings. The number of carbonyl (C=O) groups is 1. The maximum atomic E-state index is 12.0. The Hall–Kier alpha value is 0.270. The second kappa shape index (κ2) is 13.7. The molecule has 0 unspecified atom stereocenters. The molecule has 0 amide bonds. The Labute approximate surface area is 124 Å². The minimum Gasteiger partial charge on any atom is -0.303 e. The molecule has 4 heteroatoms. The number of nitrogens with zero attached hydrogens (tertiary/aromatic N) is 1. The highest BCUT2D eigenvalue weighted by atomic mass is 35.5. The summed E-state index contributed by atoms with van der Waals surface area (Å²) in [5.41, 5.74) is 0. The van der Waals surface area contributed by atoms with Gasteiger partial charge in [0.2, 0.25) is 0 Å². The third-order valence-electron chi connectivity index (χ3n) is 3.15. The Kier molecular flexibility index (Phi) is 15.7. The van der Waals surface area contributed by atoms with E-state index in [1.54, 1.807) is 11.8 Å². The van der Waals surface area contributed by atoms with E-state index in [0.717, 1.165) is 51.1 Å². The van der Waals surface area contributed by atoms with Gasteiger partial charge in [-0.3, -0.25) is 4.79 Å². The first kappa shape index (κ1) is 20.6. The number of hydrogen-bond acceptors (Lipinski definition) is 3. The molecule has 18 heavy (non-hydrogen) atoms. The summed E-state index contributed by atoms with van der Waals surface area (Å²) in [5.74, 6) is 1.25. The Morgan fingerprint density at radius 2 is 1.56 bits per heavy atom. The van der Waals surface area contributed by atoms with Crippen molar-refractivity contribution in [1.82, 2.24) is 4.90 Å². The van der Waals surface area contributed by atoms with Gasteiger partial charge in [-0.25, -0.2) is 0 Å². The van der Waals surface area contributed by atoms with Crippen molar-refractivity contribution in [1.29, 1.82) is 0 Å². The van der Waals surface area contributed by atoms with E-state index in [9.17, 15) is 4.79 Å². The summed E-state index contributed by atoms with van der Waals surface area (Å²) in [4.78, 5) is 14.4. The Bertz CT molecular complexity index is 192. The SMILES string of the molecule is CCCC(CCC)C(=O)SCCN(CC)CC.Cl. The molecule has 0 saturated heterocycles. The van der Waals surface area contributed by atoms with E-state index in [-0.39, 0.29) is 12.4 Å². The van der Waals surface area contributed by atoms with Crippen LogP contribution in [0.1, 0.15) is 53.4 Å². The van der Waals surface area contributed by atoms with E-state index in [1.165, 1.54) is 0 Å². The smallest absolute Gasteiger partial charge is 0.192 e. The van der Waals surface area contributed by atoms with Gasteiger partial charge < -0.3 is 4.90 Å². The van der Waals surface area contributed by atoms with Crippen LogP contribution in [-0.4, -0.2) is 35.4 Å². The van der Waals surface area contributed by atoms with Gasteiger partial charge in [0.05, 0.1) is 0 Å². The van der Waals surface area contributed by atoms with E-state index >= 15 is 0 Å². The second-order valence-corrected chi connectivity index (χ2v) is 5.57. The Balaban J connectivity index is 0. The van der Waals surface area contributed by atoms with E-state index in [1.807, 2.05) is 0 Å². The topological polar surface area (TPSA) is 20.3 Å². The zero-order valence-corrected chi connectivity index (χ0v) is 14.0. The van der Waals surface area contributed by atoms with Gasteiger partial charge in [-0.05, 0) is 25.9 Å². The molecule has 0 aromatic carbocycles. The zero-order chi connectivity index (χ0) is 13.1. The van der Waals surface area contributed by atoms with Gasteiger partial charge in [-0.1, -0.05) is 52.3 Å². The van der Waals surface area contributed by atoms with Crippen LogP contribution in [0.5, 0.6) is 0 Å². The molecule has 0 aliphatic carbocycles. The molecule has 0 rings (SSSR count). The average molecular weight is 296 g/mol. The summed E-state index contributed by atoms with van der Waals surface area (Å²) in [6, 6.07) is 0. The second-order valence-electron chi connectivity index (χ2n) is 4.47. The van der Waals surface area contributed by atoms with Crippen LogP contribution in [0, 0.1) is 5.92 Å². The fourth-order valence-corrected chi connectivity index (χ4v) is 3.03. The lowest BCUT2D eigenvalue weighted by atomic mass is 10.0. The lowest BCUT2D eigenvalue weighted by Crippen LogP contribution is -2.26. The number of thioether (sulfide) groups is 1. The molecule has 0 radical (unpaired) electrons. The maximum Gasteiger partial charge on any atom is 0.192 e. The summed E-state index contributed by atoms with van der Waals surface area (Å²) < 4.78 is 0. The van der Waals surface area contributed by atoms with Crippen LogP contribution in [-0.2, 0) is 4.79 Å². The van der Waals surface area contributed by atoms with Gasteiger partial charge in [0, 0.05) is 18.2 Å². The van der Waals surface area contributed by atoms with Gasteiger partial charge in [0.1, 0.15) is 0 Å². The molecule has 0 atom stereocenters. The highest BCUT2D eigenvalue weighted by Crippen LogP contribution is 2.21. The van der Waals surface area contributed by atoms with Crippen LogP contribution in [0.15, 0.2) is 0 Å². The van der Waals surface area contributed by atoms with Crippen LogP contribution in [0.4, 0.5) is 0 Å². The molecule has 2 nitrogen and oxygen atoms in total. The number of halogens is 1. The van der Waals surface area contributed by atoms with Crippen LogP contribution in [0.25, 0.3) is 0 Å². The van der Waals surface area contributed by atoms with Crippen molar-refractivity contribution in [2.45, 2.75) is 53.4 Å². The largest absolute Gasteiger partial charge is 0.303 e. The molecule has 110 valence electrons. The molecule has 0 aromatic heterocycles. The van der Waals surface area contributed by atoms with E-state index in [4.69, 9.17) is 0 Å². The molecule has 0 aliphatic heterocycles. The van der Waals surface area contributed by atoms with Crippen molar-refractivity contribution in [3.63, 3.8) is 0 Å². The van der Waals surface area contributed by atoms with Crippen molar-refractivity contribution >= 4 is 29.3 Å². The van der Waals surface area contributed by atoms with Crippen molar-refractivity contribution in [2.75, 3.05) is 25.4 Å². The molecular weight excluding hydrogens is 266 g/mol. The predicted octanol–water partition coefficient (Wildman–Crippen LogP) is 4.23. The summed E-state index contributed by atoms with van der Waals surface area (Å²) in [7, 11) is 0. The van der Waals surface area contributed by atoms with Gasteiger partial charge in [0.15, 0.2) is 5.12 Å². The van der Waals surface area contributed by atoms with Gasteiger partial charge >= 0.3 is 0 Å². The zero-order valence-electron chi connectivity index (χ0n) is 12.4. The molecule has 0 heterocycles. The minimum absolute atomic E-state index is 0. The number of rotatable bonds is 10. The van der Waals surface area contributed by atoms with Crippen molar-refractivity contribution in [2.24, 2.45) is 5.92 Å². The van der Waals surface area contributed by atoms with Gasteiger partial charge in [0.25, 0.3) is 0 Å². The van der Waals surface area contributed by atoms with Crippen LogP contribution in [0.3, 0.4) is 0 Å². The third-order valence-corrected chi connectivity index (χ3v) is 4.16. The Morgan fingerprint density at radius 1 is 1.06 bits per heavy atom. The lowest BCUT2D eigenvalue weighted by molar-refractivity contribution is -0.114. The van der Waals surface area contributed by atoms with Crippen LogP contribution < -0.4 is 0 Å².